The van der Waals surface area contributed by atoms with E-state index in [1.165, 1.54) is 0 Å². The first-order valence-corrected chi connectivity index (χ1v) is 10.3. The van der Waals surface area contributed by atoms with Crippen LogP contribution in [0.15, 0.2) is 57.8 Å². The summed E-state index contributed by atoms with van der Waals surface area (Å²) in [6.45, 7) is 2.30. The molecule has 3 heterocycles. The number of anilines is 3. The molecule has 0 amide bonds. The Hall–Kier alpha value is -3.63. The first-order valence-electron chi connectivity index (χ1n) is 9.94. The SMILES string of the molecule is O=[N+]([O-])c1c(N2CCOCC2)cc(N(Cc2ccco2)c2ccccc2Cl)c2nonc12. The number of nitrogens with zero attached hydrogens (tertiary/aromatic N) is 5. The van der Waals surface area contributed by atoms with E-state index in [0.717, 1.165) is 0 Å². The molecule has 0 unspecified atom stereocenters. The molecular formula is C21H18ClN5O5. The first kappa shape index (κ1) is 20.3. The Morgan fingerprint density at radius 3 is 2.59 bits per heavy atom. The van der Waals surface area contributed by atoms with Gasteiger partial charge in [-0.1, -0.05) is 23.7 Å². The zero-order valence-electron chi connectivity index (χ0n) is 16.8. The highest BCUT2D eigenvalue weighted by atomic mass is 35.5. The van der Waals surface area contributed by atoms with Crippen molar-refractivity contribution >= 4 is 45.4 Å². The third kappa shape index (κ3) is 3.63. The second-order valence-corrected chi connectivity index (χ2v) is 7.61. The third-order valence-electron chi connectivity index (χ3n) is 5.33. The van der Waals surface area contributed by atoms with Crippen molar-refractivity contribution in [1.29, 1.82) is 0 Å². The molecule has 2 aromatic heterocycles. The smallest absolute Gasteiger partial charge is 0.323 e. The Kier molecular flexibility index (Phi) is 5.38. The summed E-state index contributed by atoms with van der Waals surface area (Å²) in [5, 5.41) is 20.4. The van der Waals surface area contributed by atoms with Crippen LogP contribution < -0.4 is 9.80 Å². The van der Waals surface area contributed by atoms with E-state index in [2.05, 4.69) is 10.3 Å². The van der Waals surface area contributed by atoms with Crippen LogP contribution in [0.25, 0.3) is 11.0 Å². The van der Waals surface area contributed by atoms with E-state index >= 15 is 0 Å². The summed E-state index contributed by atoms with van der Waals surface area (Å²) in [5.41, 5.74) is 1.87. The lowest BCUT2D eigenvalue weighted by Gasteiger charge is -2.30. The number of fused-ring (bicyclic) bond motifs is 1. The van der Waals surface area contributed by atoms with Gasteiger partial charge in [-0.3, -0.25) is 10.1 Å². The van der Waals surface area contributed by atoms with Gasteiger partial charge in [0.25, 0.3) is 0 Å². The van der Waals surface area contributed by atoms with Crippen LogP contribution in [0.1, 0.15) is 5.76 Å². The fourth-order valence-electron chi connectivity index (χ4n) is 3.86. The molecule has 0 spiro atoms. The second-order valence-electron chi connectivity index (χ2n) is 7.20. The minimum Gasteiger partial charge on any atom is -0.467 e. The van der Waals surface area contributed by atoms with Gasteiger partial charge in [0.2, 0.25) is 5.52 Å². The van der Waals surface area contributed by atoms with Crippen molar-refractivity contribution in [3.05, 3.63) is 69.6 Å². The number of ether oxygens (including phenoxy) is 1. The van der Waals surface area contributed by atoms with E-state index < -0.39 is 4.92 Å². The maximum atomic E-state index is 12.0. The zero-order valence-corrected chi connectivity index (χ0v) is 17.6. The van der Waals surface area contributed by atoms with Crippen LogP contribution in [0.2, 0.25) is 5.02 Å². The number of aromatic nitrogens is 2. The molecule has 1 fully saturated rings. The predicted octanol–water partition coefficient (Wildman–Crippen LogP) is 4.55. The van der Waals surface area contributed by atoms with E-state index in [-0.39, 0.29) is 16.7 Å². The van der Waals surface area contributed by atoms with Crippen molar-refractivity contribution in [2.45, 2.75) is 6.54 Å². The number of hydrogen-bond donors (Lipinski definition) is 0. The highest BCUT2D eigenvalue weighted by Crippen LogP contribution is 2.44. The summed E-state index contributed by atoms with van der Waals surface area (Å²) in [4.78, 5) is 15.4. The molecule has 2 aromatic carbocycles. The van der Waals surface area contributed by atoms with Crippen LogP contribution in [0.4, 0.5) is 22.7 Å². The van der Waals surface area contributed by atoms with Crippen molar-refractivity contribution in [1.82, 2.24) is 10.3 Å². The summed E-state index contributed by atoms with van der Waals surface area (Å²) in [6.07, 6.45) is 1.59. The Morgan fingerprint density at radius 2 is 1.88 bits per heavy atom. The molecule has 10 nitrogen and oxygen atoms in total. The van der Waals surface area contributed by atoms with Crippen LogP contribution in [0.5, 0.6) is 0 Å². The Balaban J connectivity index is 1.74. The van der Waals surface area contributed by atoms with Gasteiger partial charge in [-0.2, -0.15) is 0 Å². The number of rotatable bonds is 6. The molecule has 0 aliphatic carbocycles. The quantitative estimate of drug-likeness (QED) is 0.305. The van der Waals surface area contributed by atoms with Gasteiger partial charge >= 0.3 is 5.69 Å². The monoisotopic (exact) mass is 455 g/mol. The van der Waals surface area contributed by atoms with E-state index in [1.807, 2.05) is 34.1 Å². The Labute approximate surface area is 187 Å². The molecule has 1 aliphatic rings. The number of furan rings is 1. The van der Waals surface area contributed by atoms with Crippen LogP contribution in [-0.4, -0.2) is 41.5 Å². The maximum Gasteiger partial charge on any atom is 0.323 e. The molecule has 164 valence electrons. The number of nitro benzene ring substituents is 1. The number of nitro groups is 1. The molecular weight excluding hydrogens is 438 g/mol. The van der Waals surface area contributed by atoms with Gasteiger partial charge in [0.15, 0.2) is 5.52 Å². The van der Waals surface area contributed by atoms with Crippen molar-refractivity contribution < 1.29 is 18.7 Å². The molecule has 0 radical (unpaired) electrons. The molecule has 5 rings (SSSR count). The van der Waals surface area contributed by atoms with Gasteiger partial charge in [0.05, 0.1) is 47.3 Å². The lowest BCUT2D eigenvalue weighted by Crippen LogP contribution is -2.36. The Morgan fingerprint density at radius 1 is 1.09 bits per heavy atom. The third-order valence-corrected chi connectivity index (χ3v) is 5.65. The predicted molar refractivity (Wildman–Crippen MR) is 117 cm³/mol. The standard InChI is InChI=1S/C21H18ClN5O5/c22-15-5-1-2-6-16(15)26(13-14-4-3-9-31-14)17-12-18(25-7-10-30-11-8-25)21(27(28)29)20-19(17)23-32-24-20/h1-6,9,12H,7-8,10-11,13H2. The maximum absolute atomic E-state index is 12.0. The lowest BCUT2D eigenvalue weighted by atomic mass is 10.1. The van der Waals surface area contributed by atoms with Crippen molar-refractivity contribution in [2.24, 2.45) is 0 Å². The molecule has 0 N–H and O–H groups in total. The van der Waals surface area contributed by atoms with E-state index in [1.54, 1.807) is 24.5 Å². The summed E-state index contributed by atoms with van der Waals surface area (Å²) < 4.78 is 16.0. The Bertz CT molecular complexity index is 1250. The summed E-state index contributed by atoms with van der Waals surface area (Å²) >= 11 is 6.54. The molecule has 1 aliphatic heterocycles. The molecule has 0 bridgehead atoms. The van der Waals surface area contributed by atoms with Crippen LogP contribution in [0.3, 0.4) is 0 Å². The summed E-state index contributed by atoms with van der Waals surface area (Å²) in [6, 6.07) is 12.7. The summed E-state index contributed by atoms with van der Waals surface area (Å²) in [5.74, 6) is 0.681. The largest absolute Gasteiger partial charge is 0.467 e. The minimum atomic E-state index is -0.451. The van der Waals surface area contributed by atoms with E-state index in [4.69, 9.17) is 25.4 Å². The van der Waals surface area contributed by atoms with Crippen molar-refractivity contribution in [3.63, 3.8) is 0 Å². The fraction of sp³-hybridized carbons (Fsp3) is 0.238. The minimum absolute atomic E-state index is 0.0745. The van der Waals surface area contributed by atoms with Crippen molar-refractivity contribution in [3.8, 4) is 0 Å². The van der Waals surface area contributed by atoms with Crippen LogP contribution >= 0.6 is 11.6 Å². The lowest BCUT2D eigenvalue weighted by molar-refractivity contribution is -0.382. The van der Waals surface area contributed by atoms with Gasteiger partial charge < -0.3 is 19.0 Å². The topological polar surface area (TPSA) is 111 Å². The highest BCUT2D eigenvalue weighted by molar-refractivity contribution is 6.33. The van der Waals surface area contributed by atoms with Crippen LogP contribution in [-0.2, 0) is 11.3 Å². The van der Waals surface area contributed by atoms with E-state index in [0.29, 0.717) is 60.7 Å². The molecule has 1 saturated heterocycles. The van der Waals surface area contributed by atoms with Gasteiger partial charge in [0, 0.05) is 13.1 Å². The van der Waals surface area contributed by atoms with Gasteiger partial charge in [0.1, 0.15) is 11.4 Å². The van der Waals surface area contributed by atoms with Crippen molar-refractivity contribution in [2.75, 3.05) is 36.1 Å². The summed E-state index contributed by atoms with van der Waals surface area (Å²) in [7, 11) is 0. The van der Waals surface area contributed by atoms with Gasteiger partial charge in [-0.05, 0) is 40.6 Å². The average Bonchev–Trinajstić information content (AvgIpc) is 3.50. The molecule has 11 heteroatoms. The average molecular weight is 456 g/mol. The second kappa shape index (κ2) is 8.48. The molecule has 4 aromatic rings. The highest BCUT2D eigenvalue weighted by Gasteiger charge is 2.32. The molecule has 0 atom stereocenters. The molecule has 32 heavy (non-hydrogen) atoms. The molecule has 0 saturated carbocycles. The number of hydrogen-bond acceptors (Lipinski definition) is 9. The number of para-hydroxylation sites is 1. The van der Waals surface area contributed by atoms with Gasteiger partial charge in [-0.25, -0.2) is 4.63 Å². The normalized spacial score (nSPS) is 14.1. The first-order chi connectivity index (χ1) is 15.6. The number of morpholine rings is 1. The van der Waals surface area contributed by atoms with E-state index in [9.17, 15) is 10.1 Å². The number of halogens is 1. The zero-order chi connectivity index (χ0) is 22.1. The number of benzene rings is 2. The van der Waals surface area contributed by atoms with Crippen LogP contribution in [0, 0.1) is 10.1 Å². The van der Waals surface area contributed by atoms with Gasteiger partial charge in [-0.15, -0.1) is 0 Å². The fourth-order valence-corrected chi connectivity index (χ4v) is 4.10.